The zero-order valence-corrected chi connectivity index (χ0v) is 8.45. The topological polar surface area (TPSA) is 71.8 Å². The molecule has 6 heteroatoms. The van der Waals surface area contributed by atoms with Gasteiger partial charge in [0.1, 0.15) is 12.2 Å². The fraction of sp³-hybridized carbons (Fsp3) is 0.625. The number of aryl methyl sites for hydroxylation is 1. The molecule has 0 fully saturated rings. The second-order valence-corrected chi connectivity index (χ2v) is 2.96. The van der Waals surface area contributed by atoms with Crippen LogP contribution in [0.15, 0.2) is 6.33 Å². The molecule has 1 heterocycles. The van der Waals surface area contributed by atoms with E-state index < -0.39 is 0 Å². The third kappa shape index (κ3) is 3.53. The second-order valence-electron chi connectivity index (χ2n) is 2.96. The molecule has 0 aliphatic heterocycles. The molecular formula is C8H15N5O. The lowest BCUT2D eigenvalue weighted by Crippen LogP contribution is -2.30. The minimum Gasteiger partial charge on any atom is -0.355 e. The number of nitrogens with one attached hydrogen (secondary N) is 2. The SMILES string of the molecule is CC(=O)NCCNCc1ncnn1C. The Morgan fingerprint density at radius 3 is 2.93 bits per heavy atom. The van der Waals surface area contributed by atoms with E-state index in [2.05, 4.69) is 20.7 Å². The molecule has 78 valence electrons. The van der Waals surface area contributed by atoms with Gasteiger partial charge >= 0.3 is 0 Å². The minimum absolute atomic E-state index is 0.00883. The third-order valence-electron chi connectivity index (χ3n) is 1.76. The summed E-state index contributed by atoms with van der Waals surface area (Å²) in [6.45, 7) is 3.53. The van der Waals surface area contributed by atoms with Crippen molar-refractivity contribution >= 4 is 5.91 Å². The van der Waals surface area contributed by atoms with Gasteiger partial charge < -0.3 is 10.6 Å². The van der Waals surface area contributed by atoms with Crippen molar-refractivity contribution in [2.75, 3.05) is 13.1 Å². The van der Waals surface area contributed by atoms with Gasteiger partial charge in [0.15, 0.2) is 0 Å². The number of rotatable bonds is 5. The summed E-state index contributed by atoms with van der Waals surface area (Å²) in [5.74, 6) is 0.873. The number of hydrogen-bond acceptors (Lipinski definition) is 4. The first kappa shape index (κ1) is 10.6. The second kappa shape index (κ2) is 5.33. The first-order valence-corrected chi connectivity index (χ1v) is 4.48. The molecule has 1 rings (SSSR count). The standard InChI is InChI=1S/C8H15N5O/c1-7(14)10-4-3-9-5-8-11-6-12-13(8)2/h6,9H,3-5H2,1-2H3,(H,10,14). The van der Waals surface area contributed by atoms with Crippen molar-refractivity contribution in [3.63, 3.8) is 0 Å². The van der Waals surface area contributed by atoms with Gasteiger partial charge in [0.25, 0.3) is 0 Å². The predicted octanol–water partition coefficient (Wildman–Crippen LogP) is -0.959. The third-order valence-corrected chi connectivity index (χ3v) is 1.76. The highest BCUT2D eigenvalue weighted by Crippen LogP contribution is 1.87. The maximum absolute atomic E-state index is 10.5. The number of nitrogens with zero attached hydrogens (tertiary/aromatic N) is 3. The summed E-state index contributed by atoms with van der Waals surface area (Å²) in [5, 5.41) is 9.78. The molecule has 0 saturated carbocycles. The van der Waals surface area contributed by atoms with E-state index in [-0.39, 0.29) is 5.91 Å². The Labute approximate surface area is 82.7 Å². The first-order valence-electron chi connectivity index (χ1n) is 4.48. The van der Waals surface area contributed by atoms with Gasteiger partial charge in [-0.25, -0.2) is 4.98 Å². The fourth-order valence-electron chi connectivity index (χ4n) is 1.01. The van der Waals surface area contributed by atoms with Crippen LogP contribution in [0.25, 0.3) is 0 Å². The Morgan fingerprint density at radius 2 is 2.36 bits per heavy atom. The van der Waals surface area contributed by atoms with E-state index in [1.807, 2.05) is 7.05 Å². The van der Waals surface area contributed by atoms with Crippen LogP contribution in [-0.2, 0) is 18.4 Å². The predicted molar refractivity (Wildman–Crippen MR) is 51.4 cm³/mol. The number of hydrogen-bond donors (Lipinski definition) is 2. The van der Waals surface area contributed by atoms with Crippen molar-refractivity contribution in [3.05, 3.63) is 12.2 Å². The number of amides is 1. The molecule has 2 N–H and O–H groups in total. The van der Waals surface area contributed by atoms with Crippen molar-refractivity contribution in [1.29, 1.82) is 0 Å². The number of carbonyl (C=O) groups is 1. The molecule has 0 aliphatic carbocycles. The van der Waals surface area contributed by atoms with Crippen molar-refractivity contribution in [2.45, 2.75) is 13.5 Å². The monoisotopic (exact) mass is 197 g/mol. The maximum atomic E-state index is 10.5. The molecule has 0 aromatic carbocycles. The van der Waals surface area contributed by atoms with Gasteiger partial charge in [0, 0.05) is 27.1 Å². The average Bonchev–Trinajstić information content (AvgIpc) is 2.51. The summed E-state index contributed by atoms with van der Waals surface area (Å²) >= 11 is 0. The van der Waals surface area contributed by atoms with Crippen LogP contribution in [0.3, 0.4) is 0 Å². The van der Waals surface area contributed by atoms with Crippen LogP contribution >= 0.6 is 0 Å². The summed E-state index contributed by atoms with van der Waals surface area (Å²) in [5.41, 5.74) is 0. The largest absolute Gasteiger partial charge is 0.355 e. The molecule has 0 radical (unpaired) electrons. The van der Waals surface area contributed by atoms with E-state index >= 15 is 0 Å². The van der Waals surface area contributed by atoms with Gasteiger partial charge in [-0.05, 0) is 0 Å². The lowest BCUT2D eigenvalue weighted by molar-refractivity contribution is -0.118. The maximum Gasteiger partial charge on any atom is 0.216 e. The molecule has 14 heavy (non-hydrogen) atoms. The van der Waals surface area contributed by atoms with E-state index in [9.17, 15) is 4.79 Å². The van der Waals surface area contributed by atoms with Crippen LogP contribution in [0.2, 0.25) is 0 Å². The smallest absolute Gasteiger partial charge is 0.216 e. The first-order chi connectivity index (χ1) is 6.70. The summed E-state index contributed by atoms with van der Waals surface area (Å²) in [7, 11) is 1.85. The number of carbonyl (C=O) groups excluding carboxylic acids is 1. The zero-order chi connectivity index (χ0) is 10.4. The van der Waals surface area contributed by atoms with Gasteiger partial charge in [-0.15, -0.1) is 0 Å². The highest BCUT2D eigenvalue weighted by Gasteiger charge is 1.98. The van der Waals surface area contributed by atoms with Crippen molar-refractivity contribution in [1.82, 2.24) is 25.4 Å². The molecule has 1 amide bonds. The van der Waals surface area contributed by atoms with E-state index in [1.165, 1.54) is 13.3 Å². The molecule has 0 aliphatic rings. The van der Waals surface area contributed by atoms with Crippen LogP contribution in [-0.4, -0.2) is 33.8 Å². The zero-order valence-electron chi connectivity index (χ0n) is 8.45. The molecule has 1 aromatic rings. The van der Waals surface area contributed by atoms with Gasteiger partial charge in [0.05, 0.1) is 6.54 Å². The van der Waals surface area contributed by atoms with Crippen LogP contribution in [0.1, 0.15) is 12.7 Å². The Bertz CT molecular complexity index is 296. The lowest BCUT2D eigenvalue weighted by Gasteiger charge is -2.04. The van der Waals surface area contributed by atoms with Gasteiger partial charge in [-0.1, -0.05) is 0 Å². The quantitative estimate of drug-likeness (QED) is 0.596. The molecular weight excluding hydrogens is 182 g/mol. The highest BCUT2D eigenvalue weighted by molar-refractivity contribution is 5.72. The van der Waals surface area contributed by atoms with Crippen molar-refractivity contribution < 1.29 is 4.79 Å². The summed E-state index contributed by atoms with van der Waals surface area (Å²) in [6, 6.07) is 0. The average molecular weight is 197 g/mol. The summed E-state index contributed by atoms with van der Waals surface area (Å²) in [4.78, 5) is 14.6. The summed E-state index contributed by atoms with van der Waals surface area (Å²) in [6.07, 6.45) is 1.52. The van der Waals surface area contributed by atoms with Crippen LogP contribution in [0.4, 0.5) is 0 Å². The molecule has 0 atom stereocenters. The van der Waals surface area contributed by atoms with Crippen molar-refractivity contribution in [3.8, 4) is 0 Å². The van der Waals surface area contributed by atoms with Crippen LogP contribution < -0.4 is 10.6 Å². The van der Waals surface area contributed by atoms with Gasteiger partial charge in [0.2, 0.25) is 5.91 Å². The lowest BCUT2D eigenvalue weighted by atomic mass is 10.5. The Hall–Kier alpha value is -1.43. The van der Waals surface area contributed by atoms with Crippen molar-refractivity contribution in [2.24, 2.45) is 7.05 Å². The highest BCUT2D eigenvalue weighted by atomic mass is 16.1. The molecule has 1 aromatic heterocycles. The molecule has 0 bridgehead atoms. The fourth-order valence-corrected chi connectivity index (χ4v) is 1.01. The van der Waals surface area contributed by atoms with E-state index in [4.69, 9.17) is 0 Å². The Morgan fingerprint density at radius 1 is 1.57 bits per heavy atom. The Balaban J connectivity index is 2.10. The van der Waals surface area contributed by atoms with Gasteiger partial charge in [-0.2, -0.15) is 5.10 Å². The summed E-state index contributed by atoms with van der Waals surface area (Å²) < 4.78 is 1.71. The molecule has 6 nitrogen and oxygen atoms in total. The Kier molecular flexibility index (Phi) is 4.06. The van der Waals surface area contributed by atoms with E-state index in [1.54, 1.807) is 4.68 Å². The minimum atomic E-state index is -0.00883. The van der Waals surface area contributed by atoms with Crippen LogP contribution in [0.5, 0.6) is 0 Å². The molecule has 0 saturated heterocycles. The van der Waals surface area contributed by atoms with Crippen LogP contribution in [0, 0.1) is 0 Å². The molecule has 0 spiro atoms. The number of aromatic nitrogens is 3. The van der Waals surface area contributed by atoms with E-state index in [0.29, 0.717) is 13.1 Å². The van der Waals surface area contributed by atoms with E-state index in [0.717, 1.165) is 12.4 Å². The molecule has 0 unspecified atom stereocenters. The normalized spacial score (nSPS) is 10.1. The van der Waals surface area contributed by atoms with Gasteiger partial charge in [-0.3, -0.25) is 9.48 Å².